The number of hydrogen-bond acceptors (Lipinski definition) is 1. The van der Waals surface area contributed by atoms with Gasteiger partial charge in [0.15, 0.2) is 0 Å². The van der Waals surface area contributed by atoms with Crippen molar-refractivity contribution in [1.82, 2.24) is 5.32 Å². The molecular weight excluding hydrogens is 158 g/mol. The first kappa shape index (κ1) is 10.8. The molecule has 1 aliphatic rings. The zero-order chi connectivity index (χ0) is 9.84. The summed E-state index contributed by atoms with van der Waals surface area (Å²) >= 11 is 0. The van der Waals surface area contributed by atoms with E-state index in [0.717, 1.165) is 24.4 Å². The van der Waals surface area contributed by atoms with Crippen LogP contribution in [-0.2, 0) is 0 Å². The maximum absolute atomic E-state index is 4.07. The van der Waals surface area contributed by atoms with Crippen molar-refractivity contribution in [2.75, 3.05) is 6.54 Å². The molecule has 0 aromatic rings. The zero-order valence-electron chi connectivity index (χ0n) is 9.27. The second-order valence-corrected chi connectivity index (χ2v) is 4.88. The first-order valence-electron chi connectivity index (χ1n) is 5.49. The number of nitrogens with one attached hydrogen (secondary N) is 1. The van der Waals surface area contributed by atoms with Gasteiger partial charge in [-0.3, -0.25) is 0 Å². The van der Waals surface area contributed by atoms with Gasteiger partial charge < -0.3 is 5.32 Å². The van der Waals surface area contributed by atoms with Crippen molar-refractivity contribution < 1.29 is 0 Å². The minimum atomic E-state index is 0.730. The largest absolute Gasteiger partial charge is 0.313 e. The highest BCUT2D eigenvalue weighted by molar-refractivity contribution is 5.02. The molecule has 1 saturated carbocycles. The van der Waals surface area contributed by atoms with Crippen LogP contribution in [0.25, 0.3) is 0 Å². The fourth-order valence-corrected chi connectivity index (χ4v) is 2.03. The van der Waals surface area contributed by atoms with E-state index in [1.54, 1.807) is 0 Å². The molecule has 0 saturated heterocycles. The topological polar surface area (TPSA) is 12.0 Å². The Balaban J connectivity index is 2.29. The Labute approximate surface area is 82.6 Å². The standard InChI is InChI=1S/C12H23N/c1-9(2)8-13-12-6-5-10(3)7-11(12)4/h9,11-13H,3,5-8H2,1-2,4H3. The Morgan fingerprint density at radius 3 is 2.77 bits per heavy atom. The molecule has 0 amide bonds. The zero-order valence-corrected chi connectivity index (χ0v) is 9.27. The molecule has 1 nitrogen and oxygen atoms in total. The van der Waals surface area contributed by atoms with E-state index in [0.29, 0.717) is 0 Å². The first-order valence-corrected chi connectivity index (χ1v) is 5.49. The third-order valence-electron chi connectivity index (χ3n) is 2.89. The molecule has 1 fully saturated rings. The van der Waals surface area contributed by atoms with Crippen LogP contribution < -0.4 is 5.32 Å². The molecule has 1 N–H and O–H groups in total. The number of allylic oxidation sites excluding steroid dienone is 1. The lowest BCUT2D eigenvalue weighted by molar-refractivity contribution is 0.310. The van der Waals surface area contributed by atoms with E-state index in [1.165, 1.54) is 24.8 Å². The van der Waals surface area contributed by atoms with Gasteiger partial charge in [0, 0.05) is 6.04 Å². The SMILES string of the molecule is C=C1CCC(NCC(C)C)C(C)C1. The van der Waals surface area contributed by atoms with Gasteiger partial charge in [0.2, 0.25) is 0 Å². The van der Waals surface area contributed by atoms with Crippen molar-refractivity contribution in [3.05, 3.63) is 12.2 Å². The van der Waals surface area contributed by atoms with E-state index < -0.39 is 0 Å². The summed E-state index contributed by atoms with van der Waals surface area (Å²) in [7, 11) is 0. The van der Waals surface area contributed by atoms with Crippen molar-refractivity contribution in [2.45, 2.75) is 46.1 Å². The van der Waals surface area contributed by atoms with Gasteiger partial charge in [0.05, 0.1) is 0 Å². The molecule has 0 aromatic heterocycles. The van der Waals surface area contributed by atoms with Gasteiger partial charge in [-0.2, -0.15) is 0 Å². The fraction of sp³-hybridized carbons (Fsp3) is 0.833. The van der Waals surface area contributed by atoms with Crippen LogP contribution in [0.1, 0.15) is 40.0 Å². The van der Waals surface area contributed by atoms with E-state index in [2.05, 4.69) is 32.7 Å². The maximum atomic E-state index is 4.07. The Kier molecular flexibility index (Phi) is 3.98. The average Bonchev–Trinajstić information content (AvgIpc) is 2.02. The van der Waals surface area contributed by atoms with Crippen molar-refractivity contribution in [3.63, 3.8) is 0 Å². The van der Waals surface area contributed by atoms with E-state index in [4.69, 9.17) is 0 Å². The molecule has 2 atom stereocenters. The van der Waals surface area contributed by atoms with E-state index in [-0.39, 0.29) is 0 Å². The van der Waals surface area contributed by atoms with Crippen LogP contribution in [0.15, 0.2) is 12.2 Å². The van der Waals surface area contributed by atoms with Gasteiger partial charge in [-0.15, -0.1) is 0 Å². The van der Waals surface area contributed by atoms with Crippen LogP contribution in [0.3, 0.4) is 0 Å². The molecule has 0 radical (unpaired) electrons. The van der Waals surface area contributed by atoms with Crippen LogP contribution in [-0.4, -0.2) is 12.6 Å². The molecule has 13 heavy (non-hydrogen) atoms. The molecule has 1 heteroatoms. The Hall–Kier alpha value is -0.300. The molecule has 1 rings (SSSR count). The van der Waals surface area contributed by atoms with Crippen LogP contribution in [0.2, 0.25) is 0 Å². The van der Waals surface area contributed by atoms with Crippen molar-refractivity contribution in [3.8, 4) is 0 Å². The molecule has 0 bridgehead atoms. The van der Waals surface area contributed by atoms with E-state index >= 15 is 0 Å². The number of rotatable bonds is 3. The van der Waals surface area contributed by atoms with Crippen molar-refractivity contribution in [1.29, 1.82) is 0 Å². The van der Waals surface area contributed by atoms with E-state index in [9.17, 15) is 0 Å². The molecular formula is C12H23N. The lowest BCUT2D eigenvalue weighted by atomic mass is 9.83. The molecule has 0 heterocycles. The van der Waals surface area contributed by atoms with Crippen LogP contribution in [0.4, 0.5) is 0 Å². The quantitative estimate of drug-likeness (QED) is 0.660. The Bertz CT molecular complexity index is 172. The highest BCUT2D eigenvalue weighted by Gasteiger charge is 2.22. The lowest BCUT2D eigenvalue weighted by Crippen LogP contribution is -2.39. The summed E-state index contributed by atoms with van der Waals surface area (Å²) in [4.78, 5) is 0. The van der Waals surface area contributed by atoms with Crippen LogP contribution in [0.5, 0.6) is 0 Å². The predicted molar refractivity (Wildman–Crippen MR) is 58.8 cm³/mol. The summed E-state index contributed by atoms with van der Waals surface area (Å²) < 4.78 is 0. The van der Waals surface area contributed by atoms with Crippen molar-refractivity contribution >= 4 is 0 Å². The summed E-state index contributed by atoms with van der Waals surface area (Å²) in [5.41, 5.74) is 1.44. The van der Waals surface area contributed by atoms with Gasteiger partial charge >= 0.3 is 0 Å². The van der Waals surface area contributed by atoms with Crippen LogP contribution >= 0.6 is 0 Å². The van der Waals surface area contributed by atoms with Gasteiger partial charge in [-0.05, 0) is 37.6 Å². The minimum absolute atomic E-state index is 0.730. The minimum Gasteiger partial charge on any atom is -0.313 e. The van der Waals surface area contributed by atoms with Crippen LogP contribution in [0, 0.1) is 11.8 Å². The third kappa shape index (κ3) is 3.51. The Morgan fingerprint density at radius 2 is 2.23 bits per heavy atom. The predicted octanol–water partition coefficient (Wildman–Crippen LogP) is 2.98. The molecule has 0 aliphatic heterocycles. The third-order valence-corrected chi connectivity index (χ3v) is 2.89. The number of hydrogen-bond donors (Lipinski definition) is 1. The summed E-state index contributed by atoms with van der Waals surface area (Å²) in [6.07, 6.45) is 3.72. The monoisotopic (exact) mass is 181 g/mol. The molecule has 0 spiro atoms. The fourth-order valence-electron chi connectivity index (χ4n) is 2.03. The highest BCUT2D eigenvalue weighted by atomic mass is 14.9. The Morgan fingerprint density at radius 1 is 1.54 bits per heavy atom. The smallest absolute Gasteiger partial charge is 0.00989 e. The summed E-state index contributed by atoms with van der Waals surface area (Å²) in [5, 5.41) is 3.65. The van der Waals surface area contributed by atoms with Crippen molar-refractivity contribution in [2.24, 2.45) is 11.8 Å². The summed E-state index contributed by atoms with van der Waals surface area (Å²) in [6.45, 7) is 12.1. The van der Waals surface area contributed by atoms with Gasteiger partial charge in [-0.1, -0.05) is 32.9 Å². The van der Waals surface area contributed by atoms with Gasteiger partial charge in [-0.25, -0.2) is 0 Å². The van der Waals surface area contributed by atoms with Gasteiger partial charge in [0.25, 0.3) is 0 Å². The molecule has 2 unspecified atom stereocenters. The summed E-state index contributed by atoms with van der Waals surface area (Å²) in [6, 6.07) is 0.730. The molecule has 76 valence electrons. The first-order chi connectivity index (χ1) is 6.09. The van der Waals surface area contributed by atoms with Gasteiger partial charge in [0.1, 0.15) is 0 Å². The molecule has 1 aliphatic carbocycles. The summed E-state index contributed by atoms with van der Waals surface area (Å²) in [5.74, 6) is 1.54. The average molecular weight is 181 g/mol. The highest BCUT2D eigenvalue weighted by Crippen LogP contribution is 2.27. The second-order valence-electron chi connectivity index (χ2n) is 4.88. The normalized spacial score (nSPS) is 29.7. The van der Waals surface area contributed by atoms with E-state index in [1.807, 2.05) is 0 Å². The maximum Gasteiger partial charge on any atom is 0.00989 e. The lowest BCUT2D eigenvalue weighted by Gasteiger charge is -2.31. The molecule has 0 aromatic carbocycles. The second kappa shape index (κ2) is 4.80.